The molecule has 3 N–H and O–H groups in total. The number of alkyl halides is 3. The maximum Gasteiger partial charge on any atom is 0.416 e. The van der Waals surface area contributed by atoms with E-state index in [0.717, 1.165) is 12.1 Å². The number of aromatic nitrogens is 4. The van der Waals surface area contributed by atoms with Gasteiger partial charge in [-0.15, -0.1) is 0 Å². The van der Waals surface area contributed by atoms with Crippen molar-refractivity contribution in [3.63, 3.8) is 0 Å². The van der Waals surface area contributed by atoms with Crippen LogP contribution in [-0.4, -0.2) is 19.5 Å². The number of rotatable bonds is 3. The molecule has 0 aliphatic heterocycles. The number of hydrogen-bond donors (Lipinski definition) is 2. The van der Waals surface area contributed by atoms with Gasteiger partial charge in [0.25, 0.3) is 0 Å². The first kappa shape index (κ1) is 14.8. The molecule has 2 heterocycles. The molecule has 0 saturated carbocycles. The Labute approximate surface area is 128 Å². The van der Waals surface area contributed by atoms with Gasteiger partial charge in [-0.1, -0.05) is 0 Å². The van der Waals surface area contributed by atoms with Crippen molar-refractivity contribution >= 4 is 17.2 Å². The van der Waals surface area contributed by atoms with Gasteiger partial charge < -0.3 is 11.1 Å². The van der Waals surface area contributed by atoms with Crippen LogP contribution >= 0.6 is 0 Å². The second-order valence-corrected chi connectivity index (χ2v) is 4.63. The third-order valence-corrected chi connectivity index (χ3v) is 3.09. The zero-order chi connectivity index (χ0) is 16.4. The summed E-state index contributed by atoms with van der Waals surface area (Å²) in [6.45, 7) is 0. The standard InChI is InChI=1S/C14H11F3N6/c15-14(16,17)9-1-3-10(4-2-9)22-12-11(18)13(21-7-20-12)23-6-5-19-8-23/h1-8H,18H2,(H,20,21,22). The van der Waals surface area contributed by atoms with E-state index in [1.807, 2.05) is 0 Å². The molecule has 0 fully saturated rings. The Morgan fingerprint density at radius 1 is 1.09 bits per heavy atom. The average molecular weight is 320 g/mol. The normalized spacial score (nSPS) is 11.4. The van der Waals surface area contributed by atoms with Crippen LogP contribution in [-0.2, 0) is 6.18 Å². The van der Waals surface area contributed by atoms with Gasteiger partial charge in [-0.25, -0.2) is 15.0 Å². The monoisotopic (exact) mass is 320 g/mol. The lowest BCUT2D eigenvalue weighted by Gasteiger charge is -2.12. The molecule has 0 amide bonds. The Hall–Kier alpha value is -3.10. The first-order valence-electron chi connectivity index (χ1n) is 6.48. The van der Waals surface area contributed by atoms with Crippen molar-refractivity contribution in [2.45, 2.75) is 6.18 Å². The zero-order valence-corrected chi connectivity index (χ0v) is 11.6. The van der Waals surface area contributed by atoms with Gasteiger partial charge in [-0.3, -0.25) is 4.57 Å². The van der Waals surface area contributed by atoms with Crippen molar-refractivity contribution in [3.05, 3.63) is 54.9 Å². The van der Waals surface area contributed by atoms with E-state index in [-0.39, 0.29) is 5.69 Å². The second kappa shape index (κ2) is 5.59. The molecular weight excluding hydrogens is 309 g/mol. The van der Waals surface area contributed by atoms with Gasteiger partial charge in [0.05, 0.1) is 5.56 Å². The van der Waals surface area contributed by atoms with Crippen LogP contribution in [0.1, 0.15) is 5.56 Å². The summed E-state index contributed by atoms with van der Waals surface area (Å²) in [5.41, 5.74) is 5.97. The van der Waals surface area contributed by atoms with E-state index in [1.54, 1.807) is 17.0 Å². The van der Waals surface area contributed by atoms with Gasteiger partial charge in [0.2, 0.25) is 0 Å². The fourth-order valence-electron chi connectivity index (χ4n) is 1.96. The number of hydrogen-bond acceptors (Lipinski definition) is 5. The number of imidazole rings is 1. The summed E-state index contributed by atoms with van der Waals surface area (Å²) in [6.07, 6.45) is 1.70. The highest BCUT2D eigenvalue weighted by atomic mass is 19.4. The fraction of sp³-hybridized carbons (Fsp3) is 0.0714. The largest absolute Gasteiger partial charge is 0.416 e. The molecular formula is C14H11F3N6. The Balaban J connectivity index is 1.88. The van der Waals surface area contributed by atoms with Crippen LogP contribution in [0, 0.1) is 0 Å². The number of nitrogens with zero attached hydrogens (tertiary/aromatic N) is 4. The molecule has 0 saturated heterocycles. The van der Waals surface area contributed by atoms with Crippen molar-refractivity contribution in [2.24, 2.45) is 0 Å². The predicted molar refractivity (Wildman–Crippen MR) is 78.3 cm³/mol. The van der Waals surface area contributed by atoms with Gasteiger partial charge in [-0.2, -0.15) is 13.2 Å². The molecule has 2 aromatic heterocycles. The second-order valence-electron chi connectivity index (χ2n) is 4.63. The van der Waals surface area contributed by atoms with E-state index in [9.17, 15) is 13.2 Å². The van der Waals surface area contributed by atoms with E-state index in [2.05, 4.69) is 20.3 Å². The van der Waals surface area contributed by atoms with Crippen molar-refractivity contribution in [1.29, 1.82) is 0 Å². The quantitative estimate of drug-likeness (QED) is 0.775. The number of nitrogens with one attached hydrogen (secondary N) is 1. The first-order valence-corrected chi connectivity index (χ1v) is 6.48. The van der Waals surface area contributed by atoms with Gasteiger partial charge >= 0.3 is 6.18 Å². The highest BCUT2D eigenvalue weighted by Crippen LogP contribution is 2.31. The van der Waals surface area contributed by atoms with E-state index < -0.39 is 11.7 Å². The maximum atomic E-state index is 12.6. The molecule has 0 atom stereocenters. The lowest BCUT2D eigenvalue weighted by Crippen LogP contribution is -2.07. The molecule has 0 aliphatic carbocycles. The minimum atomic E-state index is -4.37. The van der Waals surface area contributed by atoms with Crippen LogP contribution in [0.2, 0.25) is 0 Å². The van der Waals surface area contributed by atoms with E-state index in [1.165, 1.54) is 24.8 Å². The molecule has 3 aromatic rings. The average Bonchev–Trinajstić information content (AvgIpc) is 3.03. The third kappa shape index (κ3) is 3.07. The van der Waals surface area contributed by atoms with Crippen molar-refractivity contribution in [2.75, 3.05) is 11.1 Å². The Kier molecular flexibility index (Phi) is 3.61. The minimum Gasteiger partial charge on any atom is -0.393 e. The van der Waals surface area contributed by atoms with Gasteiger partial charge in [-0.05, 0) is 24.3 Å². The molecule has 0 aliphatic rings. The molecule has 9 heteroatoms. The highest BCUT2D eigenvalue weighted by molar-refractivity contribution is 5.73. The predicted octanol–water partition coefficient (Wildman–Crippen LogP) is 3.01. The molecule has 3 rings (SSSR count). The van der Waals surface area contributed by atoms with Crippen molar-refractivity contribution < 1.29 is 13.2 Å². The summed E-state index contributed by atoms with van der Waals surface area (Å²) in [5.74, 6) is 0.718. The lowest BCUT2D eigenvalue weighted by atomic mass is 10.2. The van der Waals surface area contributed by atoms with E-state index >= 15 is 0 Å². The Morgan fingerprint density at radius 2 is 1.83 bits per heavy atom. The number of benzene rings is 1. The van der Waals surface area contributed by atoms with Gasteiger partial charge in [0, 0.05) is 18.1 Å². The summed E-state index contributed by atoms with van der Waals surface area (Å²) in [4.78, 5) is 12.0. The molecule has 0 unspecified atom stereocenters. The van der Waals surface area contributed by atoms with Crippen molar-refractivity contribution in [3.8, 4) is 5.82 Å². The number of nitrogens with two attached hydrogens (primary N) is 1. The van der Waals surface area contributed by atoms with E-state index in [4.69, 9.17) is 5.73 Å². The minimum absolute atomic E-state index is 0.255. The summed E-state index contributed by atoms with van der Waals surface area (Å²) in [6, 6.07) is 4.58. The van der Waals surface area contributed by atoms with Gasteiger partial charge in [0.1, 0.15) is 18.3 Å². The summed E-state index contributed by atoms with van der Waals surface area (Å²) in [7, 11) is 0. The molecule has 0 bridgehead atoms. The number of anilines is 3. The zero-order valence-electron chi connectivity index (χ0n) is 11.6. The summed E-state index contributed by atoms with van der Waals surface area (Å²) < 4.78 is 39.3. The topological polar surface area (TPSA) is 81.6 Å². The van der Waals surface area contributed by atoms with Crippen LogP contribution < -0.4 is 11.1 Å². The SMILES string of the molecule is Nc1c(Nc2ccc(C(F)(F)F)cc2)ncnc1-n1ccnc1. The Bertz CT molecular complexity index is 796. The van der Waals surface area contributed by atoms with Crippen LogP contribution in [0.15, 0.2) is 49.3 Å². The van der Waals surface area contributed by atoms with Gasteiger partial charge in [0.15, 0.2) is 11.6 Å². The molecule has 6 nitrogen and oxygen atoms in total. The highest BCUT2D eigenvalue weighted by Gasteiger charge is 2.29. The van der Waals surface area contributed by atoms with Crippen LogP contribution in [0.4, 0.5) is 30.4 Å². The molecule has 23 heavy (non-hydrogen) atoms. The van der Waals surface area contributed by atoms with E-state index in [0.29, 0.717) is 17.3 Å². The number of nitrogen functional groups attached to an aromatic ring is 1. The van der Waals surface area contributed by atoms with Crippen LogP contribution in [0.25, 0.3) is 5.82 Å². The van der Waals surface area contributed by atoms with Crippen LogP contribution in [0.5, 0.6) is 0 Å². The maximum absolute atomic E-state index is 12.6. The smallest absolute Gasteiger partial charge is 0.393 e. The molecule has 118 valence electrons. The summed E-state index contributed by atoms with van der Waals surface area (Å²) >= 11 is 0. The molecule has 1 aromatic carbocycles. The molecule has 0 radical (unpaired) electrons. The van der Waals surface area contributed by atoms with Crippen LogP contribution in [0.3, 0.4) is 0 Å². The fourth-order valence-corrected chi connectivity index (χ4v) is 1.96. The Morgan fingerprint density at radius 3 is 2.43 bits per heavy atom. The first-order chi connectivity index (χ1) is 10.9. The number of halogens is 3. The van der Waals surface area contributed by atoms with Crippen molar-refractivity contribution in [1.82, 2.24) is 19.5 Å². The third-order valence-electron chi connectivity index (χ3n) is 3.09. The summed E-state index contributed by atoms with van der Waals surface area (Å²) in [5, 5.41) is 2.88. The molecule has 0 spiro atoms. The lowest BCUT2D eigenvalue weighted by molar-refractivity contribution is -0.137.